The number of morpholine rings is 1. The highest BCUT2D eigenvalue weighted by atomic mass is 35.5. The van der Waals surface area contributed by atoms with E-state index in [0.29, 0.717) is 18.7 Å². The zero-order valence-electron chi connectivity index (χ0n) is 10.2. The molecule has 1 aliphatic heterocycles. The molecule has 0 N–H and O–H groups in total. The number of rotatable bonds is 1. The van der Waals surface area contributed by atoms with Crippen molar-refractivity contribution in [2.45, 2.75) is 26.1 Å². The van der Waals surface area contributed by atoms with Gasteiger partial charge in [0, 0.05) is 18.7 Å². The highest BCUT2D eigenvalue weighted by Gasteiger charge is 2.26. The van der Waals surface area contributed by atoms with Crippen LogP contribution in [-0.4, -0.2) is 41.1 Å². The minimum Gasteiger partial charge on any atom is -0.372 e. The van der Waals surface area contributed by atoms with Gasteiger partial charge in [0.15, 0.2) is 0 Å². The predicted molar refractivity (Wildman–Crippen MR) is 70.2 cm³/mol. The van der Waals surface area contributed by atoms with E-state index in [1.807, 2.05) is 13.8 Å². The van der Waals surface area contributed by atoms with Crippen molar-refractivity contribution in [3.8, 4) is 0 Å². The Kier molecular flexibility index (Phi) is 4.10. The van der Waals surface area contributed by atoms with Gasteiger partial charge in [-0.15, -0.1) is 0 Å². The molecule has 1 fully saturated rings. The van der Waals surface area contributed by atoms with Crippen molar-refractivity contribution in [1.29, 1.82) is 0 Å². The molecule has 0 bridgehead atoms. The Labute approximate surface area is 116 Å². The number of halogens is 2. The molecule has 0 spiro atoms. The number of carbonyl (C=O) groups is 1. The van der Waals surface area contributed by atoms with Crippen LogP contribution in [0.4, 0.5) is 0 Å². The lowest BCUT2D eigenvalue weighted by Gasteiger charge is -2.35. The molecule has 4 nitrogen and oxygen atoms in total. The van der Waals surface area contributed by atoms with Crippen molar-refractivity contribution in [3.05, 3.63) is 28.0 Å². The normalized spacial score (nSPS) is 24.1. The van der Waals surface area contributed by atoms with Crippen molar-refractivity contribution < 1.29 is 9.53 Å². The van der Waals surface area contributed by atoms with E-state index in [9.17, 15) is 4.79 Å². The fraction of sp³-hybridized carbons (Fsp3) is 0.500. The number of amides is 1. The van der Waals surface area contributed by atoms with Crippen molar-refractivity contribution in [2.24, 2.45) is 0 Å². The van der Waals surface area contributed by atoms with Gasteiger partial charge in [-0.25, -0.2) is 4.98 Å². The Bertz CT molecular complexity index is 437. The van der Waals surface area contributed by atoms with Gasteiger partial charge >= 0.3 is 0 Å². The molecule has 18 heavy (non-hydrogen) atoms. The van der Waals surface area contributed by atoms with Gasteiger partial charge in [0.1, 0.15) is 10.3 Å². The molecular formula is C12H14Cl2N2O2. The summed E-state index contributed by atoms with van der Waals surface area (Å²) in [7, 11) is 0. The zero-order valence-corrected chi connectivity index (χ0v) is 11.7. The molecule has 6 heteroatoms. The molecule has 1 amide bonds. The molecule has 98 valence electrons. The first-order valence-electron chi connectivity index (χ1n) is 5.73. The Morgan fingerprint density at radius 2 is 1.78 bits per heavy atom. The van der Waals surface area contributed by atoms with E-state index in [2.05, 4.69) is 4.98 Å². The summed E-state index contributed by atoms with van der Waals surface area (Å²) in [6.07, 6.45) is 0.0657. The highest BCUT2D eigenvalue weighted by Crippen LogP contribution is 2.19. The van der Waals surface area contributed by atoms with Gasteiger partial charge < -0.3 is 9.64 Å². The van der Waals surface area contributed by atoms with Gasteiger partial charge in [0.2, 0.25) is 0 Å². The standard InChI is InChI=1S/C12H14Cl2N2O2/c1-7-5-16(6-8(2)18-7)12(17)9-3-10(13)15-11(14)4-9/h3-4,7-8H,5-6H2,1-2H3/t7-,8+. The van der Waals surface area contributed by atoms with Gasteiger partial charge in [-0.3, -0.25) is 4.79 Å². The second kappa shape index (κ2) is 5.43. The van der Waals surface area contributed by atoms with Crippen molar-refractivity contribution in [1.82, 2.24) is 9.88 Å². The van der Waals surface area contributed by atoms with Crippen LogP contribution in [0.3, 0.4) is 0 Å². The molecule has 0 aromatic carbocycles. The predicted octanol–water partition coefficient (Wildman–Crippen LogP) is 2.64. The molecule has 0 radical (unpaired) electrons. The first-order chi connectivity index (χ1) is 8.45. The van der Waals surface area contributed by atoms with Gasteiger partial charge in [-0.2, -0.15) is 0 Å². The minimum absolute atomic E-state index is 0.0329. The summed E-state index contributed by atoms with van der Waals surface area (Å²) in [5.74, 6) is -0.0943. The molecule has 1 saturated heterocycles. The van der Waals surface area contributed by atoms with Gasteiger partial charge in [-0.05, 0) is 26.0 Å². The smallest absolute Gasteiger partial charge is 0.254 e. The first kappa shape index (κ1) is 13.6. The monoisotopic (exact) mass is 288 g/mol. The van der Waals surface area contributed by atoms with Crippen LogP contribution in [0.1, 0.15) is 24.2 Å². The average molecular weight is 289 g/mol. The number of hydrogen-bond donors (Lipinski definition) is 0. The van der Waals surface area contributed by atoms with E-state index >= 15 is 0 Å². The second-order valence-electron chi connectivity index (χ2n) is 4.47. The lowest BCUT2D eigenvalue weighted by Crippen LogP contribution is -2.48. The van der Waals surface area contributed by atoms with Crippen molar-refractivity contribution in [3.63, 3.8) is 0 Å². The molecule has 0 saturated carbocycles. The van der Waals surface area contributed by atoms with E-state index in [4.69, 9.17) is 27.9 Å². The maximum atomic E-state index is 12.3. The molecule has 1 aromatic heterocycles. The van der Waals surface area contributed by atoms with Crippen molar-refractivity contribution >= 4 is 29.1 Å². The lowest BCUT2D eigenvalue weighted by molar-refractivity contribution is -0.0586. The third-order valence-corrected chi connectivity index (χ3v) is 3.10. The summed E-state index contributed by atoms with van der Waals surface area (Å²) < 4.78 is 5.59. The molecule has 1 aliphatic rings. The fourth-order valence-electron chi connectivity index (χ4n) is 2.11. The average Bonchev–Trinajstić information content (AvgIpc) is 2.25. The van der Waals surface area contributed by atoms with Crippen LogP contribution in [0.15, 0.2) is 12.1 Å². The summed E-state index contributed by atoms with van der Waals surface area (Å²) in [4.78, 5) is 17.9. The van der Waals surface area contributed by atoms with Crippen LogP contribution >= 0.6 is 23.2 Å². The van der Waals surface area contributed by atoms with Crippen molar-refractivity contribution in [2.75, 3.05) is 13.1 Å². The summed E-state index contributed by atoms with van der Waals surface area (Å²) in [5.41, 5.74) is 0.460. The number of carbonyl (C=O) groups excluding carboxylic acids is 1. The summed E-state index contributed by atoms with van der Waals surface area (Å²) >= 11 is 11.6. The second-order valence-corrected chi connectivity index (χ2v) is 5.24. The molecule has 0 aliphatic carbocycles. The molecule has 2 rings (SSSR count). The zero-order chi connectivity index (χ0) is 13.3. The third-order valence-electron chi connectivity index (χ3n) is 2.72. The SMILES string of the molecule is C[C@@H]1CN(C(=O)c2cc(Cl)nc(Cl)c2)C[C@H](C)O1. The summed E-state index contributed by atoms with van der Waals surface area (Å²) in [6, 6.07) is 3.06. The molecular weight excluding hydrogens is 275 g/mol. The van der Waals surface area contributed by atoms with Gasteiger partial charge in [-0.1, -0.05) is 23.2 Å². The number of pyridine rings is 1. The van der Waals surface area contributed by atoms with E-state index in [-0.39, 0.29) is 28.4 Å². The number of aromatic nitrogens is 1. The maximum absolute atomic E-state index is 12.3. The molecule has 0 unspecified atom stereocenters. The highest BCUT2D eigenvalue weighted by molar-refractivity contribution is 6.33. The van der Waals surface area contributed by atoms with E-state index in [1.165, 1.54) is 12.1 Å². The van der Waals surface area contributed by atoms with Crippen LogP contribution in [-0.2, 0) is 4.74 Å². The number of ether oxygens (including phenoxy) is 1. The fourth-order valence-corrected chi connectivity index (χ4v) is 2.58. The Hall–Kier alpha value is -0.840. The summed E-state index contributed by atoms with van der Waals surface area (Å²) in [5, 5.41) is 0.445. The molecule has 2 heterocycles. The minimum atomic E-state index is -0.0943. The summed E-state index contributed by atoms with van der Waals surface area (Å²) in [6.45, 7) is 5.03. The number of hydrogen-bond acceptors (Lipinski definition) is 3. The van der Waals surface area contributed by atoms with Crippen LogP contribution in [0.25, 0.3) is 0 Å². The third kappa shape index (κ3) is 3.13. The first-order valence-corrected chi connectivity index (χ1v) is 6.49. The topological polar surface area (TPSA) is 42.4 Å². The molecule has 2 atom stereocenters. The van der Waals surface area contributed by atoms with E-state index in [1.54, 1.807) is 4.90 Å². The van der Waals surface area contributed by atoms with E-state index < -0.39 is 0 Å². The van der Waals surface area contributed by atoms with Crippen LogP contribution in [0, 0.1) is 0 Å². The Morgan fingerprint density at radius 3 is 2.28 bits per heavy atom. The van der Waals surface area contributed by atoms with E-state index in [0.717, 1.165) is 0 Å². The van der Waals surface area contributed by atoms with Gasteiger partial charge in [0.05, 0.1) is 12.2 Å². The largest absolute Gasteiger partial charge is 0.372 e. The van der Waals surface area contributed by atoms with Gasteiger partial charge in [0.25, 0.3) is 5.91 Å². The van der Waals surface area contributed by atoms with Crippen LogP contribution in [0.2, 0.25) is 10.3 Å². The number of nitrogens with zero attached hydrogens (tertiary/aromatic N) is 2. The quantitative estimate of drug-likeness (QED) is 0.746. The molecule has 1 aromatic rings. The van der Waals surface area contributed by atoms with Crippen LogP contribution < -0.4 is 0 Å². The van der Waals surface area contributed by atoms with Crippen LogP contribution in [0.5, 0.6) is 0 Å². The maximum Gasteiger partial charge on any atom is 0.254 e. The lowest BCUT2D eigenvalue weighted by atomic mass is 10.2. The Balaban J connectivity index is 2.20. The Morgan fingerprint density at radius 1 is 1.28 bits per heavy atom.